The topological polar surface area (TPSA) is 88.6 Å². The van der Waals surface area contributed by atoms with Gasteiger partial charge >= 0.3 is 0 Å². The van der Waals surface area contributed by atoms with Crippen molar-refractivity contribution < 1.29 is 14.3 Å². The first kappa shape index (κ1) is 14.2. The van der Waals surface area contributed by atoms with E-state index in [1.807, 2.05) is 13.0 Å². The Kier molecular flexibility index (Phi) is 4.43. The average molecular weight is 275 g/mol. The second-order valence-corrected chi connectivity index (χ2v) is 4.39. The molecule has 1 atom stereocenters. The maximum absolute atomic E-state index is 12.6. The molecule has 0 spiro atoms. The van der Waals surface area contributed by atoms with E-state index in [0.29, 0.717) is 36.8 Å². The Morgan fingerprint density at radius 1 is 1.65 bits per heavy atom. The number of nitrogen functional groups attached to an aromatic ring is 1. The Bertz CT molecular complexity index is 539. The van der Waals surface area contributed by atoms with E-state index in [0.717, 1.165) is 0 Å². The highest BCUT2D eigenvalue weighted by Gasteiger charge is 2.27. The molecule has 106 valence electrons. The molecule has 0 radical (unpaired) electrons. The zero-order chi connectivity index (χ0) is 14.5. The molecule has 6 heteroatoms. The van der Waals surface area contributed by atoms with Gasteiger partial charge in [0.25, 0.3) is 5.91 Å². The number of nitrogens with two attached hydrogens (primary N) is 1. The van der Waals surface area contributed by atoms with Crippen LogP contribution >= 0.6 is 0 Å². The first-order valence-electron chi connectivity index (χ1n) is 6.49. The van der Waals surface area contributed by atoms with E-state index in [9.17, 15) is 4.79 Å². The minimum absolute atomic E-state index is 0.227. The van der Waals surface area contributed by atoms with Gasteiger partial charge in [0.1, 0.15) is 11.3 Å². The summed E-state index contributed by atoms with van der Waals surface area (Å²) < 4.78 is 10.7. The van der Waals surface area contributed by atoms with Crippen LogP contribution < -0.4 is 10.5 Å². The number of rotatable bonds is 3. The minimum Gasteiger partial charge on any atom is -0.493 e. The lowest BCUT2D eigenvalue weighted by molar-refractivity contribution is 0.00336. The van der Waals surface area contributed by atoms with Crippen LogP contribution in [0.25, 0.3) is 0 Å². The number of nitriles is 1. The largest absolute Gasteiger partial charge is 0.493 e. The zero-order valence-electron chi connectivity index (χ0n) is 11.3. The van der Waals surface area contributed by atoms with Crippen LogP contribution in [0.2, 0.25) is 0 Å². The fourth-order valence-electron chi connectivity index (χ4n) is 2.12. The van der Waals surface area contributed by atoms with Gasteiger partial charge in [-0.05, 0) is 19.1 Å². The van der Waals surface area contributed by atoms with Gasteiger partial charge in [-0.1, -0.05) is 6.07 Å². The fourth-order valence-corrected chi connectivity index (χ4v) is 2.12. The lowest BCUT2D eigenvalue weighted by Crippen LogP contribution is -2.45. The quantitative estimate of drug-likeness (QED) is 0.832. The lowest BCUT2D eigenvalue weighted by Gasteiger charge is -2.30. The SMILES string of the molecule is CCOc1cccc(N)c1C(=O)N1CCOC(C#N)C1. The number of carbonyl (C=O) groups is 1. The summed E-state index contributed by atoms with van der Waals surface area (Å²) in [5.41, 5.74) is 6.63. The number of amides is 1. The van der Waals surface area contributed by atoms with Gasteiger partial charge in [-0.15, -0.1) is 0 Å². The fraction of sp³-hybridized carbons (Fsp3) is 0.429. The van der Waals surface area contributed by atoms with Crippen LogP contribution in [0.1, 0.15) is 17.3 Å². The molecule has 2 rings (SSSR count). The van der Waals surface area contributed by atoms with Gasteiger partial charge in [0.2, 0.25) is 0 Å². The number of anilines is 1. The number of hydrogen-bond donors (Lipinski definition) is 1. The van der Waals surface area contributed by atoms with Crippen molar-refractivity contribution >= 4 is 11.6 Å². The molecule has 0 aromatic heterocycles. The van der Waals surface area contributed by atoms with Crippen molar-refractivity contribution in [2.24, 2.45) is 0 Å². The predicted molar refractivity (Wildman–Crippen MR) is 73.3 cm³/mol. The Labute approximate surface area is 117 Å². The number of hydrogen-bond acceptors (Lipinski definition) is 5. The Hall–Kier alpha value is -2.26. The molecule has 1 amide bonds. The molecular weight excluding hydrogens is 258 g/mol. The molecule has 1 aliphatic rings. The summed E-state index contributed by atoms with van der Waals surface area (Å²) in [5.74, 6) is 0.243. The molecule has 1 aliphatic heterocycles. The predicted octanol–water partition coefficient (Wildman–Crippen LogP) is 1.03. The Balaban J connectivity index is 2.26. The number of carbonyl (C=O) groups excluding carboxylic acids is 1. The van der Waals surface area contributed by atoms with Crippen molar-refractivity contribution in [2.75, 3.05) is 32.0 Å². The smallest absolute Gasteiger partial charge is 0.259 e. The first-order valence-corrected chi connectivity index (χ1v) is 6.49. The van der Waals surface area contributed by atoms with Crippen molar-refractivity contribution in [3.05, 3.63) is 23.8 Å². The van der Waals surface area contributed by atoms with Crippen LogP contribution in [0.5, 0.6) is 5.75 Å². The summed E-state index contributed by atoms with van der Waals surface area (Å²) in [7, 11) is 0. The van der Waals surface area contributed by atoms with E-state index in [1.165, 1.54) is 0 Å². The molecule has 1 saturated heterocycles. The second kappa shape index (κ2) is 6.26. The minimum atomic E-state index is -0.590. The molecule has 20 heavy (non-hydrogen) atoms. The van der Waals surface area contributed by atoms with Gasteiger partial charge in [0.05, 0.1) is 25.8 Å². The second-order valence-electron chi connectivity index (χ2n) is 4.39. The maximum atomic E-state index is 12.6. The molecule has 1 aromatic carbocycles. The summed E-state index contributed by atoms with van der Waals surface area (Å²) in [4.78, 5) is 14.2. The van der Waals surface area contributed by atoms with Gasteiger partial charge in [0, 0.05) is 12.2 Å². The number of nitrogens with zero attached hydrogens (tertiary/aromatic N) is 2. The van der Waals surface area contributed by atoms with E-state index >= 15 is 0 Å². The van der Waals surface area contributed by atoms with E-state index in [-0.39, 0.29) is 12.5 Å². The zero-order valence-corrected chi connectivity index (χ0v) is 11.3. The molecule has 1 fully saturated rings. The van der Waals surface area contributed by atoms with Crippen LogP contribution in [0.4, 0.5) is 5.69 Å². The Morgan fingerprint density at radius 3 is 3.15 bits per heavy atom. The molecule has 6 nitrogen and oxygen atoms in total. The summed E-state index contributed by atoms with van der Waals surface area (Å²) >= 11 is 0. The van der Waals surface area contributed by atoms with Gasteiger partial charge in [-0.3, -0.25) is 4.79 Å². The van der Waals surface area contributed by atoms with E-state index in [2.05, 4.69) is 0 Å². The van der Waals surface area contributed by atoms with Crippen molar-refractivity contribution in [2.45, 2.75) is 13.0 Å². The third-order valence-electron chi connectivity index (χ3n) is 3.07. The van der Waals surface area contributed by atoms with E-state index < -0.39 is 6.10 Å². The van der Waals surface area contributed by atoms with Gasteiger partial charge in [-0.2, -0.15) is 5.26 Å². The maximum Gasteiger partial charge on any atom is 0.259 e. The summed E-state index contributed by atoms with van der Waals surface area (Å²) in [6.45, 7) is 3.33. The van der Waals surface area contributed by atoms with E-state index in [4.69, 9.17) is 20.5 Å². The lowest BCUT2D eigenvalue weighted by atomic mass is 10.1. The molecule has 1 aromatic rings. The van der Waals surface area contributed by atoms with Gasteiger partial charge < -0.3 is 20.1 Å². The molecule has 1 heterocycles. The summed E-state index contributed by atoms with van der Waals surface area (Å²) in [6.07, 6.45) is -0.590. The van der Waals surface area contributed by atoms with Crippen LogP contribution in [0.15, 0.2) is 18.2 Å². The summed E-state index contributed by atoms with van der Waals surface area (Å²) in [5, 5.41) is 8.89. The highest BCUT2D eigenvalue weighted by atomic mass is 16.5. The molecule has 0 saturated carbocycles. The van der Waals surface area contributed by atoms with Crippen LogP contribution in [0.3, 0.4) is 0 Å². The van der Waals surface area contributed by atoms with Crippen LogP contribution in [-0.4, -0.2) is 43.2 Å². The summed E-state index contributed by atoms with van der Waals surface area (Å²) in [6, 6.07) is 7.14. The number of benzene rings is 1. The van der Waals surface area contributed by atoms with Crippen molar-refractivity contribution in [3.63, 3.8) is 0 Å². The molecular formula is C14H17N3O3. The van der Waals surface area contributed by atoms with E-state index in [1.54, 1.807) is 23.1 Å². The van der Waals surface area contributed by atoms with Crippen molar-refractivity contribution in [1.82, 2.24) is 4.90 Å². The van der Waals surface area contributed by atoms with Crippen molar-refractivity contribution in [1.29, 1.82) is 5.26 Å². The standard InChI is InChI=1S/C14H17N3O3/c1-2-19-12-5-3-4-11(16)13(12)14(18)17-6-7-20-10(8-15)9-17/h3-5,10H,2,6-7,9,16H2,1H3. The highest BCUT2D eigenvalue weighted by Crippen LogP contribution is 2.26. The monoisotopic (exact) mass is 275 g/mol. The van der Waals surface area contributed by atoms with Crippen LogP contribution in [0, 0.1) is 11.3 Å². The third-order valence-corrected chi connectivity index (χ3v) is 3.07. The van der Waals surface area contributed by atoms with Crippen LogP contribution in [-0.2, 0) is 4.74 Å². The Morgan fingerprint density at radius 2 is 2.45 bits per heavy atom. The van der Waals surface area contributed by atoms with Gasteiger partial charge in [-0.25, -0.2) is 0 Å². The molecule has 0 bridgehead atoms. The normalized spacial score (nSPS) is 18.4. The number of ether oxygens (including phenoxy) is 2. The highest BCUT2D eigenvalue weighted by molar-refractivity contribution is 6.02. The third kappa shape index (κ3) is 2.83. The average Bonchev–Trinajstić information content (AvgIpc) is 2.47. The molecule has 1 unspecified atom stereocenters. The van der Waals surface area contributed by atoms with Gasteiger partial charge in [0.15, 0.2) is 6.10 Å². The molecule has 2 N–H and O–H groups in total. The first-order chi connectivity index (χ1) is 9.67. The number of morpholine rings is 1. The molecule has 0 aliphatic carbocycles. The van der Waals surface area contributed by atoms with Crippen molar-refractivity contribution in [3.8, 4) is 11.8 Å².